The van der Waals surface area contributed by atoms with E-state index in [-0.39, 0.29) is 29.9 Å². The topological polar surface area (TPSA) is 65.8 Å². The molecule has 2 atom stereocenters. The summed E-state index contributed by atoms with van der Waals surface area (Å²) in [5, 5.41) is 9.59. The number of benzene rings is 2. The number of amides is 1. The van der Waals surface area contributed by atoms with Gasteiger partial charge in [0.15, 0.2) is 8.32 Å². The normalized spacial score (nSPS) is 17.6. The van der Waals surface area contributed by atoms with E-state index in [2.05, 4.69) is 44.8 Å². The number of nitrogens with zero attached hydrogens (tertiary/aromatic N) is 3. The first-order valence-corrected chi connectivity index (χ1v) is 15.2. The first-order valence-electron chi connectivity index (χ1n) is 12.3. The number of ether oxygens (including phenoxy) is 1. The van der Waals surface area contributed by atoms with Crippen LogP contribution in [0.1, 0.15) is 49.9 Å². The number of likely N-dealkylation sites (tertiary alicyclic amines) is 1. The molecule has 1 fully saturated rings. The Morgan fingerprint density at radius 3 is 2.57 bits per heavy atom. The van der Waals surface area contributed by atoms with E-state index in [9.17, 15) is 10.1 Å². The van der Waals surface area contributed by atoms with Crippen LogP contribution < -0.4 is 0 Å². The van der Waals surface area contributed by atoms with Crippen molar-refractivity contribution in [2.24, 2.45) is 0 Å². The summed E-state index contributed by atoms with van der Waals surface area (Å²) < 4.78 is 12.3. The van der Waals surface area contributed by atoms with Crippen LogP contribution in [0.4, 0.5) is 4.79 Å². The van der Waals surface area contributed by atoms with Crippen molar-refractivity contribution in [3.05, 3.63) is 71.3 Å². The van der Waals surface area contributed by atoms with E-state index in [1.165, 1.54) is 0 Å². The monoisotopic (exact) mass is 493 g/mol. The molecule has 0 bridgehead atoms. The predicted octanol–water partition coefficient (Wildman–Crippen LogP) is 5.96. The number of carbonyl (C=O) groups excluding carboxylic acids is 1. The van der Waals surface area contributed by atoms with E-state index < -0.39 is 8.32 Å². The quantitative estimate of drug-likeness (QED) is 0.424. The molecule has 0 aromatic heterocycles. The van der Waals surface area contributed by atoms with Gasteiger partial charge in [-0.2, -0.15) is 5.26 Å². The van der Waals surface area contributed by atoms with E-state index in [1.807, 2.05) is 48.5 Å². The van der Waals surface area contributed by atoms with Gasteiger partial charge in [0.1, 0.15) is 6.61 Å². The Bertz CT molecular complexity index is 1030. The van der Waals surface area contributed by atoms with Crippen LogP contribution in [0.15, 0.2) is 54.6 Å². The van der Waals surface area contributed by atoms with Crippen LogP contribution in [-0.4, -0.2) is 57.0 Å². The third kappa shape index (κ3) is 7.17. The second kappa shape index (κ2) is 11.4. The summed E-state index contributed by atoms with van der Waals surface area (Å²) in [4.78, 5) is 17.0. The molecule has 0 saturated carbocycles. The third-order valence-electron chi connectivity index (χ3n) is 7.29. The highest BCUT2D eigenvalue weighted by molar-refractivity contribution is 6.74. The molecule has 0 aliphatic carbocycles. The number of likely N-dealkylation sites (N-methyl/N-ethyl adjacent to an activating group) is 1. The molecule has 0 unspecified atom stereocenters. The first kappa shape index (κ1) is 26.9. The van der Waals surface area contributed by atoms with Crippen LogP contribution >= 0.6 is 0 Å². The lowest BCUT2D eigenvalue weighted by molar-refractivity contribution is 0.0819. The molecule has 1 amide bonds. The minimum Gasteiger partial charge on any atom is -0.445 e. The zero-order valence-corrected chi connectivity index (χ0v) is 23.0. The van der Waals surface area contributed by atoms with Crippen molar-refractivity contribution in [3.8, 4) is 6.07 Å². The maximum absolute atomic E-state index is 13.0. The van der Waals surface area contributed by atoms with Gasteiger partial charge in [0.05, 0.1) is 23.8 Å². The lowest BCUT2D eigenvalue weighted by atomic mass is 10.0. The van der Waals surface area contributed by atoms with Crippen molar-refractivity contribution in [2.45, 2.75) is 64.1 Å². The molecule has 3 rings (SSSR count). The SMILES string of the molecule is CN(C(=O)OCc1ccccc1)[C@H](CN1CC[C@@H](O[Si](C)(C)C(C)(C)C)C1)c1cccc(C#N)c1. The molecule has 7 heteroatoms. The van der Waals surface area contributed by atoms with Gasteiger partial charge in [-0.1, -0.05) is 63.2 Å². The van der Waals surface area contributed by atoms with Crippen LogP contribution in [0.25, 0.3) is 0 Å². The van der Waals surface area contributed by atoms with Crippen LogP contribution in [0.3, 0.4) is 0 Å². The Morgan fingerprint density at radius 2 is 1.91 bits per heavy atom. The van der Waals surface area contributed by atoms with Gasteiger partial charge in [-0.25, -0.2) is 4.79 Å². The molecule has 1 aliphatic rings. The zero-order chi connectivity index (χ0) is 25.6. The maximum Gasteiger partial charge on any atom is 0.410 e. The fourth-order valence-electron chi connectivity index (χ4n) is 4.11. The minimum absolute atomic E-state index is 0.170. The van der Waals surface area contributed by atoms with Crippen molar-refractivity contribution < 1.29 is 14.0 Å². The molecular weight excluding hydrogens is 454 g/mol. The van der Waals surface area contributed by atoms with E-state index >= 15 is 0 Å². The fourth-order valence-corrected chi connectivity index (χ4v) is 5.49. The minimum atomic E-state index is -1.85. The maximum atomic E-state index is 13.0. The molecule has 6 nitrogen and oxygen atoms in total. The standard InChI is InChI=1S/C28H39N3O3Si/c1-28(2,3)35(5,6)34-25-15-16-31(19-25)20-26(24-14-10-13-23(17-24)18-29)30(4)27(32)33-21-22-11-8-7-9-12-22/h7-14,17,25-26H,15-16,19-21H2,1-6H3/t25-,26-/m1/s1. The molecule has 35 heavy (non-hydrogen) atoms. The lowest BCUT2D eigenvalue weighted by Crippen LogP contribution is -2.45. The second-order valence-corrected chi connectivity index (χ2v) is 15.7. The lowest BCUT2D eigenvalue weighted by Gasteiger charge is -2.38. The Hall–Kier alpha value is -2.66. The molecule has 0 N–H and O–H groups in total. The Kier molecular flexibility index (Phi) is 8.76. The van der Waals surface area contributed by atoms with Crippen LogP contribution in [0.2, 0.25) is 18.1 Å². The van der Waals surface area contributed by atoms with Crippen LogP contribution in [-0.2, 0) is 15.8 Å². The molecule has 2 aromatic carbocycles. The van der Waals surface area contributed by atoms with Gasteiger partial charge in [-0.05, 0) is 47.8 Å². The highest BCUT2D eigenvalue weighted by atomic mass is 28.4. The smallest absolute Gasteiger partial charge is 0.410 e. The average molecular weight is 494 g/mol. The highest BCUT2D eigenvalue weighted by Crippen LogP contribution is 2.38. The Labute approximate surface area is 211 Å². The van der Waals surface area contributed by atoms with Crippen LogP contribution in [0, 0.1) is 11.3 Å². The van der Waals surface area contributed by atoms with E-state index in [0.717, 1.165) is 30.6 Å². The van der Waals surface area contributed by atoms with Crippen molar-refractivity contribution in [3.63, 3.8) is 0 Å². The third-order valence-corrected chi connectivity index (χ3v) is 11.8. The molecule has 0 radical (unpaired) electrons. The van der Waals surface area contributed by atoms with Gasteiger partial charge in [0, 0.05) is 26.7 Å². The summed E-state index contributed by atoms with van der Waals surface area (Å²) in [6, 6.07) is 19.2. The summed E-state index contributed by atoms with van der Waals surface area (Å²) in [5.41, 5.74) is 2.46. The molecule has 188 valence electrons. The number of nitriles is 1. The first-order chi connectivity index (χ1) is 16.5. The summed E-state index contributed by atoms with van der Waals surface area (Å²) in [7, 11) is -0.0712. The summed E-state index contributed by atoms with van der Waals surface area (Å²) >= 11 is 0. The van der Waals surface area contributed by atoms with Crippen molar-refractivity contribution in [1.82, 2.24) is 9.80 Å². The van der Waals surface area contributed by atoms with Gasteiger partial charge < -0.3 is 14.1 Å². The predicted molar refractivity (Wildman–Crippen MR) is 141 cm³/mol. The van der Waals surface area contributed by atoms with Gasteiger partial charge in [0.2, 0.25) is 0 Å². The Balaban J connectivity index is 1.72. The van der Waals surface area contributed by atoms with Crippen molar-refractivity contribution in [2.75, 3.05) is 26.7 Å². The van der Waals surface area contributed by atoms with Gasteiger partial charge >= 0.3 is 6.09 Å². The molecule has 1 heterocycles. The van der Waals surface area contributed by atoms with Crippen LogP contribution in [0.5, 0.6) is 0 Å². The number of hydrogen-bond donors (Lipinski definition) is 0. The summed E-state index contributed by atoms with van der Waals surface area (Å²) in [5.74, 6) is 0. The summed E-state index contributed by atoms with van der Waals surface area (Å²) in [6.45, 7) is 14.0. The number of hydrogen-bond acceptors (Lipinski definition) is 5. The van der Waals surface area contributed by atoms with Gasteiger partial charge in [-0.3, -0.25) is 4.90 Å². The summed E-state index contributed by atoms with van der Waals surface area (Å²) in [6.07, 6.45) is 0.811. The molecule has 0 spiro atoms. The highest BCUT2D eigenvalue weighted by Gasteiger charge is 2.41. The fraction of sp³-hybridized carbons (Fsp3) is 0.500. The molecular formula is C28H39N3O3Si. The average Bonchev–Trinajstić information content (AvgIpc) is 3.26. The van der Waals surface area contributed by atoms with E-state index in [4.69, 9.17) is 9.16 Å². The largest absolute Gasteiger partial charge is 0.445 e. The second-order valence-electron chi connectivity index (χ2n) is 11.0. The Morgan fingerprint density at radius 1 is 1.20 bits per heavy atom. The van der Waals surface area contributed by atoms with Crippen molar-refractivity contribution >= 4 is 14.4 Å². The van der Waals surface area contributed by atoms with E-state index in [0.29, 0.717) is 12.1 Å². The van der Waals surface area contributed by atoms with Crippen molar-refractivity contribution in [1.29, 1.82) is 5.26 Å². The van der Waals surface area contributed by atoms with Gasteiger partial charge in [-0.15, -0.1) is 0 Å². The molecule has 1 aliphatic heterocycles. The van der Waals surface area contributed by atoms with Gasteiger partial charge in [0.25, 0.3) is 0 Å². The van der Waals surface area contributed by atoms with E-state index in [1.54, 1.807) is 18.0 Å². The molecule has 2 aromatic rings. The number of rotatable bonds is 8. The molecule has 1 saturated heterocycles. The zero-order valence-electron chi connectivity index (χ0n) is 22.0. The number of carbonyl (C=O) groups is 1.